The van der Waals surface area contributed by atoms with Gasteiger partial charge in [-0.25, -0.2) is 4.98 Å². The Labute approximate surface area is 111 Å². The van der Waals surface area contributed by atoms with Crippen molar-refractivity contribution in [1.82, 2.24) is 9.55 Å². The van der Waals surface area contributed by atoms with Crippen molar-refractivity contribution in [2.75, 3.05) is 0 Å². The molecule has 0 saturated heterocycles. The Balaban J connectivity index is 2.13. The van der Waals surface area contributed by atoms with Crippen molar-refractivity contribution in [3.05, 3.63) is 40.7 Å². The lowest BCUT2D eigenvalue weighted by molar-refractivity contribution is 0.139. The number of aryl methyl sites for hydroxylation is 1. The molecule has 0 aliphatic carbocycles. The number of imidazole rings is 1. The molecule has 0 amide bonds. The highest BCUT2D eigenvalue weighted by Crippen LogP contribution is 2.35. The lowest BCUT2D eigenvalue weighted by Crippen LogP contribution is -2.15. The van der Waals surface area contributed by atoms with E-state index in [-0.39, 0.29) is 0 Å². The van der Waals surface area contributed by atoms with Crippen LogP contribution in [0.1, 0.15) is 30.2 Å². The van der Waals surface area contributed by atoms with Gasteiger partial charge in [-0.05, 0) is 19.8 Å². The molecular weight excluding hydrogens is 248 g/mol. The second-order valence-corrected chi connectivity index (χ2v) is 5.15. The number of benzene rings is 1. The van der Waals surface area contributed by atoms with E-state index in [1.807, 2.05) is 16.7 Å². The summed E-state index contributed by atoms with van der Waals surface area (Å²) in [5, 5.41) is 10.4. The van der Waals surface area contributed by atoms with E-state index in [2.05, 4.69) is 24.0 Å². The standard InChI is InChI=1S/C14H15ClN2O/c1-9-4-6-10(7-5-9)14-16-13(15)12-11(18)3-2-8-17(12)14/h4-7,11,18H,2-3,8H2,1H3. The molecule has 1 aliphatic rings. The van der Waals surface area contributed by atoms with Gasteiger partial charge < -0.3 is 9.67 Å². The van der Waals surface area contributed by atoms with E-state index in [0.29, 0.717) is 5.15 Å². The maximum absolute atomic E-state index is 10.0. The first-order chi connectivity index (χ1) is 8.66. The molecule has 0 radical (unpaired) electrons. The number of halogens is 1. The van der Waals surface area contributed by atoms with Crippen LogP contribution in [0, 0.1) is 6.92 Å². The van der Waals surface area contributed by atoms with Crippen LogP contribution in [-0.4, -0.2) is 14.7 Å². The molecule has 1 N–H and O–H groups in total. The molecule has 0 saturated carbocycles. The van der Waals surface area contributed by atoms with Gasteiger partial charge in [-0.15, -0.1) is 0 Å². The number of aliphatic hydroxyl groups excluding tert-OH is 1. The van der Waals surface area contributed by atoms with Crippen molar-refractivity contribution in [1.29, 1.82) is 0 Å². The summed E-state index contributed by atoms with van der Waals surface area (Å²) >= 11 is 6.15. The van der Waals surface area contributed by atoms with Crippen LogP contribution in [0.4, 0.5) is 0 Å². The zero-order chi connectivity index (χ0) is 12.7. The van der Waals surface area contributed by atoms with Crippen LogP contribution >= 0.6 is 11.6 Å². The predicted molar refractivity (Wildman–Crippen MR) is 71.6 cm³/mol. The summed E-state index contributed by atoms with van der Waals surface area (Å²) in [6.45, 7) is 2.93. The molecule has 3 rings (SSSR count). The van der Waals surface area contributed by atoms with Crippen LogP contribution in [0.15, 0.2) is 24.3 Å². The number of aromatic nitrogens is 2. The van der Waals surface area contributed by atoms with Crippen LogP contribution in [0.25, 0.3) is 11.4 Å². The average molecular weight is 263 g/mol. The van der Waals surface area contributed by atoms with Gasteiger partial charge in [0.2, 0.25) is 0 Å². The first-order valence-electron chi connectivity index (χ1n) is 6.18. The molecule has 2 aromatic rings. The van der Waals surface area contributed by atoms with Crippen LogP contribution in [-0.2, 0) is 6.54 Å². The summed E-state index contributed by atoms with van der Waals surface area (Å²) < 4.78 is 2.04. The van der Waals surface area contributed by atoms with E-state index < -0.39 is 6.10 Å². The summed E-state index contributed by atoms with van der Waals surface area (Å²) in [6, 6.07) is 8.21. The maximum atomic E-state index is 10.0. The highest BCUT2D eigenvalue weighted by Gasteiger charge is 2.26. The monoisotopic (exact) mass is 262 g/mol. The van der Waals surface area contributed by atoms with Gasteiger partial charge in [0.1, 0.15) is 5.82 Å². The van der Waals surface area contributed by atoms with E-state index >= 15 is 0 Å². The van der Waals surface area contributed by atoms with Gasteiger partial charge in [0, 0.05) is 12.1 Å². The lowest BCUT2D eigenvalue weighted by Gasteiger charge is -2.21. The number of hydrogen-bond donors (Lipinski definition) is 1. The Morgan fingerprint density at radius 1 is 1.33 bits per heavy atom. The van der Waals surface area contributed by atoms with Crippen LogP contribution in [0.3, 0.4) is 0 Å². The van der Waals surface area contributed by atoms with Crippen molar-refractivity contribution in [3.8, 4) is 11.4 Å². The van der Waals surface area contributed by atoms with E-state index in [1.54, 1.807) is 0 Å². The molecule has 0 fully saturated rings. The molecule has 94 valence electrons. The van der Waals surface area contributed by atoms with Gasteiger partial charge in [-0.2, -0.15) is 0 Å². The molecule has 1 aromatic heterocycles. The minimum absolute atomic E-state index is 0.428. The fourth-order valence-corrected chi connectivity index (χ4v) is 2.79. The number of fused-ring (bicyclic) bond motifs is 1. The second-order valence-electron chi connectivity index (χ2n) is 4.79. The molecule has 3 nitrogen and oxygen atoms in total. The van der Waals surface area contributed by atoms with Gasteiger partial charge in [-0.1, -0.05) is 41.4 Å². The van der Waals surface area contributed by atoms with Gasteiger partial charge in [0.05, 0.1) is 11.8 Å². The quantitative estimate of drug-likeness (QED) is 0.856. The summed E-state index contributed by atoms with van der Waals surface area (Å²) in [4.78, 5) is 4.41. The SMILES string of the molecule is Cc1ccc(-c2nc(Cl)c3n2CCCC3O)cc1. The Bertz CT molecular complexity index is 574. The van der Waals surface area contributed by atoms with E-state index in [4.69, 9.17) is 11.6 Å². The Kier molecular flexibility index (Phi) is 2.88. The normalized spacial score (nSPS) is 18.7. The summed E-state index contributed by atoms with van der Waals surface area (Å²) in [6.07, 6.45) is 1.23. The molecule has 0 bridgehead atoms. The van der Waals surface area contributed by atoms with E-state index in [1.165, 1.54) is 5.56 Å². The minimum atomic E-state index is -0.488. The molecular formula is C14H15ClN2O. The highest BCUT2D eigenvalue weighted by atomic mass is 35.5. The van der Waals surface area contributed by atoms with Crippen molar-refractivity contribution < 1.29 is 5.11 Å². The number of rotatable bonds is 1. The lowest BCUT2D eigenvalue weighted by atomic mass is 10.1. The molecule has 0 spiro atoms. The summed E-state index contributed by atoms with van der Waals surface area (Å²) in [7, 11) is 0. The molecule has 1 unspecified atom stereocenters. The molecule has 18 heavy (non-hydrogen) atoms. The van der Waals surface area contributed by atoms with Gasteiger partial charge >= 0.3 is 0 Å². The number of hydrogen-bond acceptors (Lipinski definition) is 2. The minimum Gasteiger partial charge on any atom is -0.387 e. The van der Waals surface area contributed by atoms with E-state index in [9.17, 15) is 5.11 Å². The number of nitrogens with zero attached hydrogens (tertiary/aromatic N) is 2. The van der Waals surface area contributed by atoms with Crippen molar-refractivity contribution in [2.24, 2.45) is 0 Å². The fraction of sp³-hybridized carbons (Fsp3) is 0.357. The average Bonchev–Trinajstić information content (AvgIpc) is 2.69. The summed E-state index contributed by atoms with van der Waals surface area (Å²) in [5.74, 6) is 0.855. The third-order valence-electron chi connectivity index (χ3n) is 3.45. The first-order valence-corrected chi connectivity index (χ1v) is 6.55. The van der Waals surface area contributed by atoms with Gasteiger partial charge in [0.25, 0.3) is 0 Å². The number of aliphatic hydroxyl groups is 1. The van der Waals surface area contributed by atoms with Crippen molar-refractivity contribution >= 4 is 11.6 Å². The third kappa shape index (κ3) is 1.84. The van der Waals surface area contributed by atoms with Gasteiger partial charge in [0.15, 0.2) is 5.15 Å². The highest BCUT2D eigenvalue weighted by molar-refractivity contribution is 6.30. The maximum Gasteiger partial charge on any atom is 0.153 e. The third-order valence-corrected chi connectivity index (χ3v) is 3.72. The molecule has 4 heteroatoms. The van der Waals surface area contributed by atoms with Crippen LogP contribution in [0.5, 0.6) is 0 Å². The molecule has 2 heterocycles. The Morgan fingerprint density at radius 2 is 2.06 bits per heavy atom. The second kappa shape index (κ2) is 4.41. The first kappa shape index (κ1) is 11.8. The molecule has 1 atom stereocenters. The topological polar surface area (TPSA) is 38.0 Å². The molecule has 1 aromatic carbocycles. The smallest absolute Gasteiger partial charge is 0.153 e. The zero-order valence-corrected chi connectivity index (χ0v) is 11.0. The van der Waals surface area contributed by atoms with Crippen molar-refractivity contribution in [2.45, 2.75) is 32.4 Å². The predicted octanol–water partition coefficient (Wildman–Crippen LogP) is 3.34. The van der Waals surface area contributed by atoms with Crippen LogP contribution < -0.4 is 0 Å². The van der Waals surface area contributed by atoms with Gasteiger partial charge in [-0.3, -0.25) is 0 Å². The van der Waals surface area contributed by atoms with E-state index in [0.717, 1.165) is 36.5 Å². The van der Waals surface area contributed by atoms with Crippen LogP contribution in [0.2, 0.25) is 5.15 Å². The fourth-order valence-electron chi connectivity index (χ4n) is 2.48. The summed E-state index contributed by atoms with van der Waals surface area (Å²) in [5.41, 5.74) is 3.02. The Morgan fingerprint density at radius 3 is 2.78 bits per heavy atom. The zero-order valence-electron chi connectivity index (χ0n) is 10.2. The Hall–Kier alpha value is -1.32. The van der Waals surface area contributed by atoms with Crippen molar-refractivity contribution in [3.63, 3.8) is 0 Å². The molecule has 1 aliphatic heterocycles. The largest absolute Gasteiger partial charge is 0.387 e.